The molecule has 0 radical (unpaired) electrons. The normalized spacial score (nSPS) is 11.8. The summed E-state index contributed by atoms with van der Waals surface area (Å²) in [4.78, 5) is 10.9. The molecule has 2 rings (SSSR count). The minimum absolute atomic E-state index is 0.110. The molecule has 0 aliphatic carbocycles. The van der Waals surface area contributed by atoms with E-state index in [2.05, 4.69) is 0 Å². The average molecular weight is 309 g/mol. The molecule has 1 heterocycles. The van der Waals surface area contributed by atoms with Crippen molar-refractivity contribution < 1.29 is 22.7 Å². The summed E-state index contributed by atoms with van der Waals surface area (Å²) in [6.45, 7) is 1.85. The first-order chi connectivity index (χ1) is 9.84. The van der Waals surface area contributed by atoms with Gasteiger partial charge in [-0.2, -0.15) is 4.31 Å². The predicted molar refractivity (Wildman–Crippen MR) is 75.5 cm³/mol. The van der Waals surface area contributed by atoms with Gasteiger partial charge in [-0.15, -0.1) is 0 Å². The smallest absolute Gasteiger partial charge is 0.337 e. The van der Waals surface area contributed by atoms with Gasteiger partial charge in [0.05, 0.1) is 16.7 Å². The molecule has 0 aliphatic heterocycles. The van der Waals surface area contributed by atoms with Gasteiger partial charge in [0.25, 0.3) is 0 Å². The van der Waals surface area contributed by atoms with Gasteiger partial charge >= 0.3 is 5.97 Å². The molecule has 0 fully saturated rings. The van der Waals surface area contributed by atoms with Crippen LogP contribution in [0.15, 0.2) is 45.9 Å². The van der Waals surface area contributed by atoms with Gasteiger partial charge in [-0.05, 0) is 25.1 Å². The summed E-state index contributed by atoms with van der Waals surface area (Å²) in [7, 11) is -2.49. The van der Waals surface area contributed by atoms with E-state index >= 15 is 0 Å². The topological polar surface area (TPSA) is 87.8 Å². The largest absolute Gasteiger partial charge is 0.478 e. The Morgan fingerprint density at radius 2 is 1.95 bits per heavy atom. The zero-order valence-electron chi connectivity index (χ0n) is 11.6. The van der Waals surface area contributed by atoms with Crippen LogP contribution >= 0.6 is 0 Å². The fourth-order valence-electron chi connectivity index (χ4n) is 1.94. The Morgan fingerprint density at radius 1 is 1.29 bits per heavy atom. The summed E-state index contributed by atoms with van der Waals surface area (Å²) in [6, 6.07) is 7.23. The molecule has 0 saturated carbocycles. The summed E-state index contributed by atoms with van der Waals surface area (Å²) in [6.07, 6.45) is 1.48. The molecule has 0 bridgehead atoms. The summed E-state index contributed by atoms with van der Waals surface area (Å²) >= 11 is 0. The number of aromatic carboxylic acids is 1. The minimum Gasteiger partial charge on any atom is -0.478 e. The highest BCUT2D eigenvalue weighted by Gasteiger charge is 2.26. The van der Waals surface area contributed by atoms with Crippen LogP contribution in [0.25, 0.3) is 0 Å². The van der Waals surface area contributed by atoms with Crippen molar-refractivity contribution >= 4 is 16.0 Å². The van der Waals surface area contributed by atoms with Gasteiger partial charge in [0.15, 0.2) is 0 Å². The third-order valence-corrected chi connectivity index (χ3v) is 5.03. The van der Waals surface area contributed by atoms with Crippen LogP contribution in [0.4, 0.5) is 0 Å². The molecule has 1 N–H and O–H groups in total. The third-order valence-electron chi connectivity index (χ3n) is 3.16. The second-order valence-corrected chi connectivity index (χ2v) is 6.58. The van der Waals surface area contributed by atoms with E-state index in [9.17, 15) is 13.2 Å². The molecule has 7 heteroatoms. The Hall–Kier alpha value is -2.12. The molecule has 112 valence electrons. The number of sulfonamides is 1. The standard InChI is InChI=1S/C14H15NO5S/c1-10-11(7-8-20-10)9-15(2)21(18,19)13-6-4-3-5-12(13)14(16)17/h3-8H,9H2,1-2H3,(H,16,17). The average Bonchev–Trinajstić information content (AvgIpc) is 2.84. The zero-order chi connectivity index (χ0) is 15.6. The van der Waals surface area contributed by atoms with Gasteiger partial charge in [-0.1, -0.05) is 12.1 Å². The highest BCUT2D eigenvalue weighted by molar-refractivity contribution is 7.89. The lowest BCUT2D eigenvalue weighted by Crippen LogP contribution is -2.28. The van der Waals surface area contributed by atoms with E-state index in [0.29, 0.717) is 5.76 Å². The molecule has 6 nitrogen and oxygen atoms in total. The van der Waals surface area contributed by atoms with Gasteiger partial charge in [0, 0.05) is 19.2 Å². The minimum atomic E-state index is -3.90. The number of hydrogen-bond donors (Lipinski definition) is 1. The van der Waals surface area contributed by atoms with Crippen molar-refractivity contribution in [2.45, 2.75) is 18.4 Å². The molecule has 0 aliphatic rings. The third kappa shape index (κ3) is 2.98. The lowest BCUT2D eigenvalue weighted by Gasteiger charge is -2.18. The lowest BCUT2D eigenvalue weighted by atomic mass is 10.2. The van der Waals surface area contributed by atoms with E-state index in [4.69, 9.17) is 9.52 Å². The molecule has 1 aromatic heterocycles. The van der Waals surface area contributed by atoms with Crippen LogP contribution in [0.2, 0.25) is 0 Å². The summed E-state index contributed by atoms with van der Waals surface area (Å²) in [5.41, 5.74) is 0.488. The number of hydrogen-bond acceptors (Lipinski definition) is 4. The Bertz CT molecular complexity index is 763. The second-order valence-electron chi connectivity index (χ2n) is 4.56. The van der Waals surface area contributed by atoms with E-state index in [1.165, 1.54) is 37.6 Å². The van der Waals surface area contributed by atoms with E-state index in [1.54, 1.807) is 13.0 Å². The number of furan rings is 1. The van der Waals surface area contributed by atoms with Crippen LogP contribution in [-0.2, 0) is 16.6 Å². The van der Waals surface area contributed by atoms with E-state index in [-0.39, 0.29) is 17.0 Å². The summed E-state index contributed by atoms with van der Waals surface area (Å²) < 4.78 is 31.3. The monoisotopic (exact) mass is 309 g/mol. The molecule has 0 atom stereocenters. The van der Waals surface area contributed by atoms with Crippen molar-refractivity contribution in [3.8, 4) is 0 Å². The molecule has 21 heavy (non-hydrogen) atoms. The molecule has 0 unspecified atom stereocenters. The number of carboxylic acids is 1. The van der Waals surface area contributed by atoms with Crippen molar-refractivity contribution in [3.63, 3.8) is 0 Å². The molecular formula is C14H15NO5S. The molecule has 0 spiro atoms. The van der Waals surface area contributed by atoms with Gasteiger partial charge in [-0.3, -0.25) is 0 Å². The first-order valence-electron chi connectivity index (χ1n) is 6.15. The Balaban J connectivity index is 2.38. The first kappa shape index (κ1) is 15.3. The number of carbonyl (C=O) groups is 1. The number of carboxylic acid groups (broad SMARTS) is 1. The molecule has 0 saturated heterocycles. The second kappa shape index (κ2) is 5.71. The van der Waals surface area contributed by atoms with Crippen LogP contribution in [-0.4, -0.2) is 30.8 Å². The Kier molecular flexibility index (Phi) is 4.15. The van der Waals surface area contributed by atoms with Gasteiger partial charge in [-0.25, -0.2) is 13.2 Å². The maximum absolute atomic E-state index is 12.5. The fraction of sp³-hybridized carbons (Fsp3) is 0.214. The van der Waals surface area contributed by atoms with E-state index < -0.39 is 16.0 Å². The van der Waals surface area contributed by atoms with Crippen molar-refractivity contribution in [1.29, 1.82) is 0 Å². The highest BCUT2D eigenvalue weighted by Crippen LogP contribution is 2.22. The van der Waals surface area contributed by atoms with Crippen LogP contribution in [0, 0.1) is 6.92 Å². The first-order valence-corrected chi connectivity index (χ1v) is 7.59. The fourth-order valence-corrected chi connectivity index (χ4v) is 3.26. The van der Waals surface area contributed by atoms with Crippen LogP contribution in [0.5, 0.6) is 0 Å². The van der Waals surface area contributed by atoms with Crippen molar-refractivity contribution in [1.82, 2.24) is 4.31 Å². The Morgan fingerprint density at radius 3 is 2.52 bits per heavy atom. The lowest BCUT2D eigenvalue weighted by molar-refractivity contribution is 0.0692. The van der Waals surface area contributed by atoms with Crippen molar-refractivity contribution in [2.24, 2.45) is 0 Å². The van der Waals surface area contributed by atoms with Gasteiger partial charge in [0.1, 0.15) is 5.76 Å². The number of rotatable bonds is 5. The maximum atomic E-state index is 12.5. The van der Waals surface area contributed by atoms with Crippen molar-refractivity contribution in [3.05, 3.63) is 53.5 Å². The van der Waals surface area contributed by atoms with Crippen LogP contribution in [0.3, 0.4) is 0 Å². The summed E-state index contributed by atoms with van der Waals surface area (Å²) in [5, 5.41) is 9.11. The molecular weight excluding hydrogens is 294 g/mol. The number of aryl methyl sites for hydroxylation is 1. The highest BCUT2D eigenvalue weighted by atomic mass is 32.2. The van der Waals surface area contributed by atoms with Gasteiger partial charge in [0.2, 0.25) is 10.0 Å². The predicted octanol–water partition coefficient (Wildman–Crippen LogP) is 2.11. The Labute approximate surface area is 122 Å². The van der Waals surface area contributed by atoms with E-state index in [1.807, 2.05) is 0 Å². The zero-order valence-corrected chi connectivity index (χ0v) is 12.4. The molecule has 1 aromatic carbocycles. The molecule has 0 amide bonds. The van der Waals surface area contributed by atoms with Crippen LogP contribution in [0.1, 0.15) is 21.7 Å². The van der Waals surface area contributed by atoms with Gasteiger partial charge < -0.3 is 9.52 Å². The quantitative estimate of drug-likeness (QED) is 0.914. The number of benzene rings is 1. The number of nitrogens with zero attached hydrogens (tertiary/aromatic N) is 1. The SMILES string of the molecule is Cc1occc1CN(C)S(=O)(=O)c1ccccc1C(=O)O. The molecule has 2 aromatic rings. The summed E-state index contributed by atoms with van der Waals surface area (Å²) in [5.74, 6) is -0.648. The van der Waals surface area contributed by atoms with E-state index in [0.717, 1.165) is 9.87 Å². The van der Waals surface area contributed by atoms with Crippen LogP contribution < -0.4 is 0 Å². The maximum Gasteiger partial charge on any atom is 0.337 e. The van der Waals surface area contributed by atoms with Crippen molar-refractivity contribution in [2.75, 3.05) is 7.05 Å².